The molecule has 2 aromatic rings. The zero-order chi connectivity index (χ0) is 10.3. The molecule has 72 valence electrons. The molecule has 1 N–H and O–H groups in total. The largest absolute Gasteiger partial charge is 0.359 e. The van der Waals surface area contributed by atoms with Crippen LogP contribution in [0.3, 0.4) is 0 Å². The number of fused-ring (bicyclic) bond motifs is 1. The topological polar surface area (TPSA) is 32.9 Å². The smallest absolute Gasteiger partial charge is 0.202 e. The zero-order valence-corrected chi connectivity index (χ0v) is 10.3. The monoisotopic (exact) mass is 319 g/mol. The maximum absolute atomic E-state index is 11.7. The lowest BCUT2D eigenvalue weighted by molar-refractivity contribution is 1.35. The Morgan fingerprint density at radius 3 is 2.86 bits per heavy atom. The predicted molar refractivity (Wildman–Crippen MR) is 67.0 cm³/mol. The molecule has 0 radical (unpaired) electrons. The zero-order valence-electron chi connectivity index (χ0n) is 7.40. The molecule has 0 aliphatic carbocycles. The molecule has 0 aliphatic rings. The first-order valence-electron chi connectivity index (χ1n) is 4.06. The molecule has 2 rings (SSSR count). The second-order valence-electron chi connectivity index (χ2n) is 3.14. The summed E-state index contributed by atoms with van der Waals surface area (Å²) in [4.78, 5) is 14.8. The van der Waals surface area contributed by atoms with Crippen LogP contribution in [0, 0.1) is 10.5 Å². The van der Waals surface area contributed by atoms with Crippen molar-refractivity contribution in [3.8, 4) is 0 Å². The van der Waals surface area contributed by atoms with Crippen molar-refractivity contribution in [1.82, 2.24) is 4.98 Å². The van der Waals surface area contributed by atoms with Gasteiger partial charge in [0.1, 0.15) is 0 Å². The Balaban J connectivity index is 3.03. The van der Waals surface area contributed by atoms with Gasteiger partial charge in [-0.1, -0.05) is 11.6 Å². The van der Waals surface area contributed by atoms with Crippen LogP contribution in [0.25, 0.3) is 10.9 Å². The predicted octanol–water partition coefficient (Wildman–Crippen LogP) is 3.09. The Kier molecular flexibility index (Phi) is 2.53. The fourth-order valence-corrected chi connectivity index (χ4v) is 2.17. The van der Waals surface area contributed by atoms with E-state index in [1.165, 1.54) is 0 Å². The molecule has 0 bridgehead atoms. The van der Waals surface area contributed by atoms with Gasteiger partial charge in [0, 0.05) is 11.6 Å². The lowest BCUT2D eigenvalue weighted by Gasteiger charge is -2.02. The Morgan fingerprint density at radius 1 is 1.43 bits per heavy atom. The second-order valence-corrected chi connectivity index (χ2v) is 4.70. The number of nitrogens with one attached hydrogen (secondary N) is 1. The van der Waals surface area contributed by atoms with Gasteiger partial charge in [0.25, 0.3) is 0 Å². The first kappa shape index (κ1) is 9.98. The fraction of sp³-hybridized carbons (Fsp3) is 0.100. The molecule has 4 heteroatoms. The van der Waals surface area contributed by atoms with Gasteiger partial charge in [-0.2, -0.15) is 0 Å². The van der Waals surface area contributed by atoms with Gasteiger partial charge in [-0.05, 0) is 47.2 Å². The maximum atomic E-state index is 11.7. The number of hydrogen-bond donors (Lipinski definition) is 1. The number of halogens is 2. The number of aromatic amines is 1. The van der Waals surface area contributed by atoms with E-state index in [0.29, 0.717) is 19.5 Å². The molecule has 0 fully saturated rings. The molecule has 0 unspecified atom stereocenters. The lowest BCUT2D eigenvalue weighted by atomic mass is 10.1. The summed E-state index contributed by atoms with van der Waals surface area (Å²) in [5.74, 6) is 0. The summed E-state index contributed by atoms with van der Waals surface area (Å²) >= 11 is 8.02. The van der Waals surface area contributed by atoms with Gasteiger partial charge in [0.2, 0.25) is 5.43 Å². The van der Waals surface area contributed by atoms with Crippen LogP contribution in [0.15, 0.2) is 23.1 Å². The van der Waals surface area contributed by atoms with Crippen LogP contribution in [0.1, 0.15) is 5.56 Å². The van der Waals surface area contributed by atoms with Crippen LogP contribution in [0.5, 0.6) is 0 Å². The third kappa shape index (κ3) is 1.54. The van der Waals surface area contributed by atoms with E-state index < -0.39 is 0 Å². The number of benzene rings is 1. The summed E-state index contributed by atoms with van der Waals surface area (Å²) in [6.45, 7) is 1.92. The third-order valence-corrected chi connectivity index (χ3v) is 3.14. The lowest BCUT2D eigenvalue weighted by Crippen LogP contribution is -2.06. The molecule has 0 saturated carbocycles. The van der Waals surface area contributed by atoms with Crippen LogP contribution in [-0.2, 0) is 0 Å². The summed E-state index contributed by atoms with van der Waals surface area (Å²) in [5, 5.41) is 1.25. The van der Waals surface area contributed by atoms with E-state index >= 15 is 0 Å². The van der Waals surface area contributed by atoms with E-state index in [2.05, 4.69) is 4.98 Å². The SMILES string of the molecule is Cc1cc(Cl)c2[nH]cc(I)c(=O)c2c1. The minimum atomic E-state index is 0.0324. The van der Waals surface area contributed by atoms with Crippen molar-refractivity contribution >= 4 is 45.1 Å². The van der Waals surface area contributed by atoms with Gasteiger partial charge in [-0.25, -0.2) is 0 Å². The number of hydrogen-bond acceptors (Lipinski definition) is 1. The summed E-state index contributed by atoms with van der Waals surface area (Å²) in [7, 11) is 0. The molecular formula is C10H7ClINO. The van der Waals surface area contributed by atoms with Gasteiger partial charge in [0.15, 0.2) is 0 Å². The van der Waals surface area contributed by atoms with Crippen molar-refractivity contribution in [3.05, 3.63) is 42.7 Å². The number of aryl methyl sites for hydroxylation is 1. The van der Waals surface area contributed by atoms with Crippen LogP contribution in [0.4, 0.5) is 0 Å². The van der Waals surface area contributed by atoms with Crippen molar-refractivity contribution in [2.45, 2.75) is 6.92 Å². The van der Waals surface area contributed by atoms with Crippen molar-refractivity contribution in [1.29, 1.82) is 0 Å². The van der Waals surface area contributed by atoms with Crippen LogP contribution in [-0.4, -0.2) is 4.98 Å². The van der Waals surface area contributed by atoms with E-state index in [0.717, 1.165) is 5.56 Å². The van der Waals surface area contributed by atoms with Gasteiger partial charge in [-0.3, -0.25) is 4.79 Å². The quantitative estimate of drug-likeness (QED) is 0.744. The summed E-state index contributed by atoms with van der Waals surface area (Å²) in [6, 6.07) is 3.69. The van der Waals surface area contributed by atoms with Crippen LogP contribution >= 0.6 is 34.2 Å². The van der Waals surface area contributed by atoms with Gasteiger partial charge in [-0.15, -0.1) is 0 Å². The first-order chi connectivity index (χ1) is 6.59. The van der Waals surface area contributed by atoms with Crippen molar-refractivity contribution in [2.75, 3.05) is 0 Å². The van der Waals surface area contributed by atoms with Crippen LogP contribution in [0.2, 0.25) is 5.02 Å². The van der Waals surface area contributed by atoms with E-state index in [-0.39, 0.29) is 5.43 Å². The molecule has 2 nitrogen and oxygen atoms in total. The number of H-pyrrole nitrogens is 1. The van der Waals surface area contributed by atoms with Crippen molar-refractivity contribution in [3.63, 3.8) is 0 Å². The minimum absolute atomic E-state index is 0.0324. The minimum Gasteiger partial charge on any atom is -0.359 e. The van der Waals surface area contributed by atoms with Crippen LogP contribution < -0.4 is 5.43 Å². The van der Waals surface area contributed by atoms with Crippen molar-refractivity contribution in [2.24, 2.45) is 0 Å². The van der Waals surface area contributed by atoms with E-state index in [9.17, 15) is 4.79 Å². The number of pyridine rings is 1. The molecule has 1 aromatic carbocycles. The van der Waals surface area contributed by atoms with E-state index in [4.69, 9.17) is 11.6 Å². The highest BCUT2D eigenvalue weighted by Crippen LogP contribution is 2.21. The average Bonchev–Trinajstić information content (AvgIpc) is 2.12. The molecule has 14 heavy (non-hydrogen) atoms. The van der Waals surface area contributed by atoms with Gasteiger partial charge in [0.05, 0.1) is 14.1 Å². The fourth-order valence-electron chi connectivity index (χ4n) is 1.40. The highest BCUT2D eigenvalue weighted by atomic mass is 127. The number of aromatic nitrogens is 1. The second kappa shape index (κ2) is 3.55. The molecule has 0 atom stereocenters. The standard InChI is InChI=1S/C10H7ClINO/c1-5-2-6-9(7(11)3-5)13-4-8(12)10(6)14/h2-4H,1H3,(H,13,14). The molecule has 0 spiro atoms. The van der Waals surface area contributed by atoms with Gasteiger partial charge < -0.3 is 4.98 Å². The Labute approximate surface area is 99.4 Å². The molecule has 0 saturated heterocycles. The van der Waals surface area contributed by atoms with E-state index in [1.54, 1.807) is 6.20 Å². The highest BCUT2D eigenvalue weighted by molar-refractivity contribution is 14.1. The Morgan fingerprint density at radius 2 is 2.14 bits per heavy atom. The Hall–Kier alpha value is -0.550. The summed E-state index contributed by atoms with van der Waals surface area (Å²) in [6.07, 6.45) is 1.67. The molecule has 1 heterocycles. The normalized spacial score (nSPS) is 10.8. The summed E-state index contributed by atoms with van der Waals surface area (Å²) in [5.41, 5.74) is 1.74. The molecule has 0 amide bonds. The average molecular weight is 320 g/mol. The molecular weight excluding hydrogens is 312 g/mol. The third-order valence-electron chi connectivity index (χ3n) is 2.04. The summed E-state index contributed by atoms with van der Waals surface area (Å²) < 4.78 is 0.678. The molecule has 0 aliphatic heterocycles. The Bertz CT molecular complexity index is 562. The number of rotatable bonds is 0. The first-order valence-corrected chi connectivity index (χ1v) is 5.52. The van der Waals surface area contributed by atoms with E-state index in [1.807, 2.05) is 41.6 Å². The highest BCUT2D eigenvalue weighted by Gasteiger charge is 2.06. The van der Waals surface area contributed by atoms with Gasteiger partial charge >= 0.3 is 0 Å². The van der Waals surface area contributed by atoms with Crippen molar-refractivity contribution < 1.29 is 0 Å². The maximum Gasteiger partial charge on any atom is 0.202 e. The molecule has 1 aromatic heterocycles.